The van der Waals surface area contributed by atoms with Crippen LogP contribution < -0.4 is 21.9 Å². The Bertz CT molecular complexity index is 2310. The van der Waals surface area contributed by atoms with Crippen molar-refractivity contribution in [2.75, 3.05) is 17.2 Å². The summed E-state index contributed by atoms with van der Waals surface area (Å²) in [5, 5.41) is 17.7. The van der Waals surface area contributed by atoms with Crippen LogP contribution in [-0.4, -0.2) is 43.0 Å². The quantitative estimate of drug-likeness (QED) is 0.147. The zero-order chi connectivity index (χ0) is 32.5. The first-order valence-corrected chi connectivity index (χ1v) is 14.9. The van der Waals surface area contributed by atoms with Gasteiger partial charge >= 0.3 is 0 Å². The molecule has 0 aliphatic heterocycles. The SMILES string of the molecule is NC(=O)C(Cc1cc2cnccc2[nH]1)n1c(-c2ccc(NC(=O)CO)cc2)ncc(NCc2ccc3oc4ccccc4c3c2)c1=O. The van der Waals surface area contributed by atoms with Gasteiger partial charge < -0.3 is 30.9 Å². The summed E-state index contributed by atoms with van der Waals surface area (Å²) < 4.78 is 7.25. The van der Waals surface area contributed by atoms with E-state index in [1.807, 2.05) is 54.6 Å². The number of fused-ring (bicyclic) bond motifs is 4. The Labute approximate surface area is 266 Å². The number of benzene rings is 3. The number of aromatic nitrogens is 4. The molecule has 0 spiro atoms. The van der Waals surface area contributed by atoms with Crippen molar-refractivity contribution in [3.8, 4) is 11.4 Å². The van der Waals surface area contributed by atoms with Crippen LogP contribution in [0.4, 0.5) is 11.4 Å². The number of hydrogen-bond acceptors (Lipinski definition) is 8. The number of furan rings is 1. The van der Waals surface area contributed by atoms with Gasteiger partial charge in [0, 0.05) is 64.0 Å². The largest absolute Gasteiger partial charge is 0.456 e. The zero-order valence-corrected chi connectivity index (χ0v) is 24.9. The molecular weight excluding hydrogens is 598 g/mol. The molecule has 1 atom stereocenters. The highest BCUT2D eigenvalue weighted by Gasteiger charge is 2.26. The Morgan fingerprint density at radius 3 is 2.57 bits per heavy atom. The summed E-state index contributed by atoms with van der Waals surface area (Å²) in [5.41, 5.74) is 10.6. The van der Waals surface area contributed by atoms with E-state index in [2.05, 4.69) is 25.6 Å². The molecule has 0 bridgehead atoms. The minimum absolute atomic E-state index is 0.0942. The monoisotopic (exact) mass is 627 g/mol. The van der Waals surface area contributed by atoms with Crippen LogP contribution >= 0.6 is 0 Å². The highest BCUT2D eigenvalue weighted by Crippen LogP contribution is 2.30. The van der Waals surface area contributed by atoms with Crippen LogP contribution in [0.5, 0.6) is 0 Å². The van der Waals surface area contributed by atoms with E-state index in [9.17, 15) is 14.4 Å². The summed E-state index contributed by atoms with van der Waals surface area (Å²) in [6.45, 7) is -0.352. The molecule has 6 N–H and O–H groups in total. The molecule has 12 heteroatoms. The topological polar surface area (TPSA) is 181 Å². The summed E-state index contributed by atoms with van der Waals surface area (Å²) in [4.78, 5) is 51.0. The van der Waals surface area contributed by atoms with Crippen LogP contribution in [0.15, 0.2) is 107 Å². The molecule has 234 valence electrons. The first-order chi connectivity index (χ1) is 22.9. The lowest BCUT2D eigenvalue weighted by molar-refractivity contribution is -0.121. The molecule has 0 aliphatic rings. The number of anilines is 2. The second kappa shape index (κ2) is 12.3. The predicted molar refractivity (Wildman–Crippen MR) is 179 cm³/mol. The highest BCUT2D eigenvalue weighted by atomic mass is 16.3. The van der Waals surface area contributed by atoms with E-state index in [1.54, 1.807) is 36.7 Å². The standard InChI is InChI=1S/C35H29N7O5/c36-33(45)29(15-24-14-22-17-37-12-11-27(22)40-24)42-34(21-6-8-23(9-7-21)41-32(44)19-43)39-18-28(35(42)46)38-16-20-5-10-31-26(13-20)25-3-1-2-4-30(25)47-31/h1-14,17-18,29,38,40,43H,15-16,19H2,(H2,36,45)(H,41,44). The van der Waals surface area contributed by atoms with Crippen LogP contribution in [0.25, 0.3) is 44.2 Å². The highest BCUT2D eigenvalue weighted by molar-refractivity contribution is 6.05. The van der Waals surface area contributed by atoms with Crippen molar-refractivity contribution in [2.45, 2.75) is 19.0 Å². The number of primary amides is 1. The predicted octanol–water partition coefficient (Wildman–Crippen LogP) is 4.50. The number of para-hydroxylation sites is 1. The molecule has 47 heavy (non-hydrogen) atoms. The van der Waals surface area contributed by atoms with Crippen LogP contribution in [-0.2, 0) is 22.6 Å². The number of rotatable bonds is 10. The molecule has 0 saturated heterocycles. The van der Waals surface area contributed by atoms with Crippen LogP contribution in [0.2, 0.25) is 0 Å². The van der Waals surface area contributed by atoms with Crippen molar-refractivity contribution in [3.63, 3.8) is 0 Å². The van der Waals surface area contributed by atoms with Crippen molar-refractivity contribution < 1.29 is 19.1 Å². The average molecular weight is 628 g/mol. The number of aromatic amines is 1. The number of H-pyrrole nitrogens is 1. The Hall–Kier alpha value is -6.27. The van der Waals surface area contributed by atoms with Gasteiger partial charge in [0.1, 0.15) is 35.3 Å². The van der Waals surface area contributed by atoms with Gasteiger partial charge in [-0.1, -0.05) is 24.3 Å². The number of hydrogen-bond donors (Lipinski definition) is 5. The van der Waals surface area contributed by atoms with Gasteiger partial charge in [0.25, 0.3) is 5.56 Å². The number of pyridine rings is 1. The van der Waals surface area contributed by atoms with E-state index in [1.165, 1.54) is 10.8 Å². The summed E-state index contributed by atoms with van der Waals surface area (Å²) in [5.74, 6) is -1.06. The number of carbonyl (C=O) groups is 2. The Morgan fingerprint density at radius 2 is 1.79 bits per heavy atom. The average Bonchev–Trinajstić information content (AvgIpc) is 3.67. The third-order valence-electron chi connectivity index (χ3n) is 8.02. The van der Waals surface area contributed by atoms with Gasteiger partial charge in [0.2, 0.25) is 11.8 Å². The number of amides is 2. The van der Waals surface area contributed by atoms with Crippen molar-refractivity contribution in [3.05, 3.63) is 119 Å². The summed E-state index contributed by atoms with van der Waals surface area (Å²) in [6, 6.07) is 22.8. The van der Waals surface area contributed by atoms with E-state index in [4.69, 9.17) is 15.3 Å². The maximum Gasteiger partial charge on any atom is 0.277 e. The second-order valence-electron chi connectivity index (χ2n) is 11.1. The van der Waals surface area contributed by atoms with E-state index in [0.29, 0.717) is 23.5 Å². The molecule has 12 nitrogen and oxygen atoms in total. The minimum atomic E-state index is -1.10. The molecule has 2 amide bonds. The summed E-state index contributed by atoms with van der Waals surface area (Å²) in [7, 11) is 0. The molecule has 7 aromatic rings. The van der Waals surface area contributed by atoms with E-state index >= 15 is 0 Å². The Balaban J connectivity index is 1.26. The van der Waals surface area contributed by atoms with Gasteiger partial charge in [-0.15, -0.1) is 0 Å². The fraction of sp³-hybridized carbons (Fsp3) is 0.114. The smallest absolute Gasteiger partial charge is 0.277 e. The van der Waals surface area contributed by atoms with Crippen molar-refractivity contribution >= 4 is 56.0 Å². The van der Waals surface area contributed by atoms with Gasteiger partial charge in [-0.05, 0) is 60.2 Å². The van der Waals surface area contributed by atoms with E-state index in [-0.39, 0.29) is 17.9 Å². The van der Waals surface area contributed by atoms with Crippen LogP contribution in [0, 0.1) is 0 Å². The lowest BCUT2D eigenvalue weighted by atomic mass is 10.1. The number of nitrogens with zero attached hydrogens (tertiary/aromatic N) is 3. The van der Waals surface area contributed by atoms with Crippen molar-refractivity contribution in [1.29, 1.82) is 0 Å². The summed E-state index contributed by atoms with van der Waals surface area (Å²) >= 11 is 0. The van der Waals surface area contributed by atoms with E-state index < -0.39 is 30.0 Å². The third-order valence-corrected chi connectivity index (χ3v) is 8.02. The fourth-order valence-electron chi connectivity index (χ4n) is 5.75. The molecule has 0 saturated carbocycles. The van der Waals surface area contributed by atoms with Gasteiger partial charge in [-0.3, -0.25) is 23.9 Å². The molecule has 4 heterocycles. The van der Waals surface area contributed by atoms with Crippen LogP contribution in [0.3, 0.4) is 0 Å². The first kappa shape index (κ1) is 29.4. The summed E-state index contributed by atoms with van der Waals surface area (Å²) in [6.07, 6.45) is 4.90. The molecule has 0 fully saturated rings. The number of aliphatic hydroxyl groups excluding tert-OH is 1. The molecular formula is C35H29N7O5. The molecule has 1 unspecified atom stereocenters. The third kappa shape index (κ3) is 5.80. The number of nitrogens with two attached hydrogens (primary N) is 1. The lowest BCUT2D eigenvalue weighted by Crippen LogP contribution is -2.37. The second-order valence-corrected chi connectivity index (χ2v) is 11.1. The first-order valence-electron chi connectivity index (χ1n) is 14.9. The van der Waals surface area contributed by atoms with Gasteiger partial charge in [-0.2, -0.15) is 0 Å². The normalized spacial score (nSPS) is 12.0. The van der Waals surface area contributed by atoms with Gasteiger partial charge in [0.15, 0.2) is 0 Å². The molecule has 0 radical (unpaired) electrons. The Kier molecular flexibility index (Phi) is 7.68. The van der Waals surface area contributed by atoms with Crippen molar-refractivity contribution in [2.24, 2.45) is 5.73 Å². The number of nitrogens with one attached hydrogen (secondary N) is 3. The molecule has 0 aliphatic carbocycles. The maximum atomic E-state index is 14.2. The van der Waals surface area contributed by atoms with E-state index in [0.717, 1.165) is 38.4 Å². The molecule has 3 aromatic carbocycles. The van der Waals surface area contributed by atoms with Crippen molar-refractivity contribution in [1.82, 2.24) is 19.5 Å². The Morgan fingerprint density at radius 1 is 0.979 bits per heavy atom. The molecule has 4 aromatic heterocycles. The lowest BCUT2D eigenvalue weighted by Gasteiger charge is -2.21. The maximum absolute atomic E-state index is 14.2. The minimum Gasteiger partial charge on any atom is -0.456 e. The van der Waals surface area contributed by atoms with Gasteiger partial charge in [-0.25, -0.2) is 4.98 Å². The number of aliphatic hydroxyl groups is 1. The van der Waals surface area contributed by atoms with Gasteiger partial charge in [0.05, 0.1) is 6.20 Å². The zero-order valence-electron chi connectivity index (χ0n) is 24.9. The molecule has 7 rings (SSSR count). The fourth-order valence-corrected chi connectivity index (χ4v) is 5.75. The van der Waals surface area contributed by atoms with Crippen LogP contribution in [0.1, 0.15) is 17.3 Å². The number of carbonyl (C=O) groups excluding carboxylic acids is 2.